The van der Waals surface area contributed by atoms with E-state index < -0.39 is 15.8 Å². The van der Waals surface area contributed by atoms with Gasteiger partial charge in [0.1, 0.15) is 11.6 Å². The van der Waals surface area contributed by atoms with E-state index in [0.717, 1.165) is 17.5 Å². The lowest BCUT2D eigenvalue weighted by Gasteiger charge is -2.35. The van der Waals surface area contributed by atoms with Gasteiger partial charge in [0, 0.05) is 26.2 Å². The molecule has 0 bridgehead atoms. The van der Waals surface area contributed by atoms with Crippen LogP contribution >= 0.6 is 0 Å². The molecule has 0 spiro atoms. The summed E-state index contributed by atoms with van der Waals surface area (Å²) >= 11 is 0. The fourth-order valence-electron chi connectivity index (χ4n) is 2.94. The van der Waals surface area contributed by atoms with Gasteiger partial charge in [0.15, 0.2) is 0 Å². The Kier molecular flexibility index (Phi) is 4.96. The highest BCUT2D eigenvalue weighted by molar-refractivity contribution is 7.89. The van der Waals surface area contributed by atoms with Gasteiger partial charge in [-0.3, -0.25) is 0 Å². The standard InChI is InChI=1S/C18H21FN2O3S/c1-14-7-8-15(13-16(14)19)25(22,23)21-11-9-20(10-12-21)17-5-3-4-6-18(17)24-2/h3-8,13H,9-12H2,1-2H3. The number of sulfonamides is 1. The lowest BCUT2D eigenvalue weighted by Crippen LogP contribution is -2.48. The van der Waals surface area contributed by atoms with Crippen LogP contribution in [0.4, 0.5) is 10.1 Å². The molecule has 1 aliphatic heterocycles. The quantitative estimate of drug-likeness (QED) is 0.837. The van der Waals surface area contributed by atoms with Crippen molar-refractivity contribution in [2.45, 2.75) is 11.8 Å². The first kappa shape index (κ1) is 17.7. The Bertz CT molecular complexity index is 862. The van der Waals surface area contributed by atoms with E-state index in [2.05, 4.69) is 4.90 Å². The third kappa shape index (κ3) is 3.48. The number of ether oxygens (including phenoxy) is 1. The minimum Gasteiger partial charge on any atom is -0.495 e. The maximum absolute atomic E-state index is 13.7. The first-order valence-electron chi connectivity index (χ1n) is 8.08. The van der Waals surface area contributed by atoms with Crippen LogP contribution in [0.2, 0.25) is 0 Å². The molecule has 0 N–H and O–H groups in total. The van der Waals surface area contributed by atoms with Crippen LogP contribution in [0.5, 0.6) is 5.75 Å². The SMILES string of the molecule is COc1ccccc1N1CCN(S(=O)(=O)c2ccc(C)c(F)c2)CC1. The fourth-order valence-corrected chi connectivity index (χ4v) is 4.38. The lowest BCUT2D eigenvalue weighted by atomic mass is 10.2. The Labute approximate surface area is 147 Å². The molecule has 25 heavy (non-hydrogen) atoms. The monoisotopic (exact) mass is 364 g/mol. The van der Waals surface area contributed by atoms with Gasteiger partial charge in [-0.25, -0.2) is 12.8 Å². The van der Waals surface area contributed by atoms with Gasteiger partial charge >= 0.3 is 0 Å². The molecule has 0 aromatic heterocycles. The van der Waals surface area contributed by atoms with E-state index in [4.69, 9.17) is 4.74 Å². The fraction of sp³-hybridized carbons (Fsp3) is 0.333. The summed E-state index contributed by atoms with van der Waals surface area (Å²) in [6, 6.07) is 11.7. The zero-order valence-corrected chi connectivity index (χ0v) is 15.1. The van der Waals surface area contributed by atoms with Crippen LogP contribution in [-0.4, -0.2) is 46.0 Å². The third-order valence-electron chi connectivity index (χ3n) is 4.45. The summed E-state index contributed by atoms with van der Waals surface area (Å²) in [5.41, 5.74) is 1.38. The van der Waals surface area contributed by atoms with Crippen molar-refractivity contribution in [1.82, 2.24) is 4.31 Å². The maximum Gasteiger partial charge on any atom is 0.243 e. The van der Waals surface area contributed by atoms with Crippen molar-refractivity contribution in [2.75, 3.05) is 38.2 Å². The van der Waals surface area contributed by atoms with E-state index >= 15 is 0 Å². The predicted octanol–water partition coefficient (Wildman–Crippen LogP) is 2.65. The molecule has 0 saturated carbocycles. The molecule has 1 saturated heterocycles. The molecule has 134 valence electrons. The number of rotatable bonds is 4. The molecule has 1 fully saturated rings. The minimum absolute atomic E-state index is 0.00124. The highest BCUT2D eigenvalue weighted by Gasteiger charge is 2.29. The van der Waals surface area contributed by atoms with Gasteiger partial charge in [-0.1, -0.05) is 18.2 Å². The number of benzene rings is 2. The Morgan fingerprint density at radius 2 is 1.72 bits per heavy atom. The molecule has 0 aliphatic carbocycles. The van der Waals surface area contributed by atoms with Crippen molar-refractivity contribution in [1.29, 1.82) is 0 Å². The summed E-state index contributed by atoms with van der Waals surface area (Å²) in [4.78, 5) is 2.10. The van der Waals surface area contributed by atoms with E-state index in [0.29, 0.717) is 31.7 Å². The van der Waals surface area contributed by atoms with Gasteiger partial charge in [0.05, 0.1) is 17.7 Å². The van der Waals surface area contributed by atoms with Gasteiger partial charge in [0.25, 0.3) is 0 Å². The first-order chi connectivity index (χ1) is 11.9. The number of anilines is 1. The number of aryl methyl sites for hydroxylation is 1. The third-order valence-corrected chi connectivity index (χ3v) is 6.34. The van der Waals surface area contributed by atoms with E-state index in [1.54, 1.807) is 14.0 Å². The normalized spacial score (nSPS) is 16.0. The maximum atomic E-state index is 13.7. The topological polar surface area (TPSA) is 49.9 Å². The molecular formula is C18H21FN2O3S. The number of hydrogen-bond acceptors (Lipinski definition) is 4. The predicted molar refractivity (Wildman–Crippen MR) is 95.1 cm³/mol. The molecule has 1 heterocycles. The van der Waals surface area contributed by atoms with Crippen molar-refractivity contribution in [2.24, 2.45) is 0 Å². The summed E-state index contributed by atoms with van der Waals surface area (Å²) in [6.07, 6.45) is 0. The zero-order chi connectivity index (χ0) is 18.0. The highest BCUT2D eigenvalue weighted by Crippen LogP contribution is 2.29. The van der Waals surface area contributed by atoms with Crippen LogP contribution in [0.15, 0.2) is 47.4 Å². The minimum atomic E-state index is -3.69. The average molecular weight is 364 g/mol. The van der Waals surface area contributed by atoms with E-state index in [1.807, 2.05) is 24.3 Å². The highest BCUT2D eigenvalue weighted by atomic mass is 32.2. The van der Waals surface area contributed by atoms with Crippen LogP contribution in [0.25, 0.3) is 0 Å². The summed E-state index contributed by atoms with van der Waals surface area (Å²) < 4.78 is 46.0. The van der Waals surface area contributed by atoms with Gasteiger partial charge in [-0.2, -0.15) is 4.31 Å². The van der Waals surface area contributed by atoms with Crippen LogP contribution in [0.1, 0.15) is 5.56 Å². The number of para-hydroxylation sites is 2. The van der Waals surface area contributed by atoms with Crippen LogP contribution in [0, 0.1) is 12.7 Å². The molecule has 3 rings (SSSR count). The second-order valence-corrected chi connectivity index (χ2v) is 7.91. The first-order valence-corrected chi connectivity index (χ1v) is 9.52. The lowest BCUT2D eigenvalue weighted by molar-refractivity contribution is 0.378. The zero-order valence-electron chi connectivity index (χ0n) is 14.3. The van der Waals surface area contributed by atoms with Crippen LogP contribution in [-0.2, 0) is 10.0 Å². The van der Waals surface area contributed by atoms with Gasteiger partial charge in [-0.05, 0) is 36.8 Å². The number of hydrogen-bond donors (Lipinski definition) is 0. The van der Waals surface area contributed by atoms with Gasteiger partial charge < -0.3 is 9.64 Å². The summed E-state index contributed by atoms with van der Waals surface area (Å²) in [5, 5.41) is 0. The Morgan fingerprint density at radius 1 is 1.04 bits per heavy atom. The van der Waals surface area contributed by atoms with Crippen molar-refractivity contribution in [3.05, 3.63) is 53.8 Å². The van der Waals surface area contributed by atoms with Crippen molar-refractivity contribution >= 4 is 15.7 Å². The molecule has 2 aromatic carbocycles. The number of piperazine rings is 1. The van der Waals surface area contributed by atoms with Crippen molar-refractivity contribution < 1.29 is 17.5 Å². The second-order valence-electron chi connectivity index (χ2n) is 5.97. The van der Waals surface area contributed by atoms with Crippen molar-refractivity contribution in [3.63, 3.8) is 0 Å². The number of methoxy groups -OCH3 is 1. The largest absolute Gasteiger partial charge is 0.495 e. The van der Waals surface area contributed by atoms with Gasteiger partial charge in [-0.15, -0.1) is 0 Å². The summed E-state index contributed by atoms with van der Waals surface area (Å²) in [5.74, 6) is 0.258. The summed E-state index contributed by atoms with van der Waals surface area (Å²) in [7, 11) is -2.07. The van der Waals surface area contributed by atoms with Crippen LogP contribution in [0.3, 0.4) is 0 Å². The summed E-state index contributed by atoms with van der Waals surface area (Å²) in [6.45, 7) is 3.39. The Balaban J connectivity index is 1.76. The molecule has 0 unspecified atom stereocenters. The Morgan fingerprint density at radius 3 is 2.36 bits per heavy atom. The van der Waals surface area contributed by atoms with E-state index in [9.17, 15) is 12.8 Å². The van der Waals surface area contributed by atoms with Crippen molar-refractivity contribution in [3.8, 4) is 5.75 Å². The number of nitrogens with zero attached hydrogens (tertiary/aromatic N) is 2. The molecular weight excluding hydrogens is 343 g/mol. The molecule has 5 nitrogen and oxygen atoms in total. The average Bonchev–Trinajstić information content (AvgIpc) is 2.64. The van der Waals surface area contributed by atoms with Crippen LogP contribution < -0.4 is 9.64 Å². The molecule has 2 aromatic rings. The van der Waals surface area contributed by atoms with Gasteiger partial charge in [0.2, 0.25) is 10.0 Å². The molecule has 0 amide bonds. The molecule has 0 atom stereocenters. The van der Waals surface area contributed by atoms with E-state index in [1.165, 1.54) is 16.4 Å². The number of halogens is 1. The molecule has 0 radical (unpaired) electrons. The van der Waals surface area contributed by atoms with E-state index in [-0.39, 0.29) is 4.90 Å². The molecule has 7 heteroatoms. The Hall–Kier alpha value is -2.12. The second kappa shape index (κ2) is 7.01. The molecule has 1 aliphatic rings. The smallest absolute Gasteiger partial charge is 0.243 e.